The Morgan fingerprint density at radius 3 is 2.27 bits per heavy atom. The molecule has 0 unspecified atom stereocenters. The summed E-state index contributed by atoms with van der Waals surface area (Å²) >= 11 is 0. The van der Waals surface area contributed by atoms with E-state index in [9.17, 15) is 8.42 Å². The number of halogens is 1. The predicted octanol–water partition coefficient (Wildman–Crippen LogP) is 0.344. The Hall–Kier alpha value is 0.160. The number of aliphatic hydroxyl groups is 1. The molecule has 2 N–H and O–H groups in total. The van der Waals surface area contributed by atoms with Gasteiger partial charge in [0.1, 0.15) is 0 Å². The van der Waals surface area contributed by atoms with Crippen LogP contribution < -0.4 is 5.32 Å². The van der Waals surface area contributed by atoms with Gasteiger partial charge in [-0.05, 0) is 27.2 Å². The van der Waals surface area contributed by atoms with E-state index in [2.05, 4.69) is 5.32 Å². The van der Waals surface area contributed by atoms with Gasteiger partial charge >= 0.3 is 0 Å². The van der Waals surface area contributed by atoms with Crippen LogP contribution in [0.3, 0.4) is 0 Å². The third-order valence-electron chi connectivity index (χ3n) is 2.69. The summed E-state index contributed by atoms with van der Waals surface area (Å²) in [6.45, 7) is 5.62. The zero-order chi connectivity index (χ0) is 11.0. The van der Waals surface area contributed by atoms with Crippen LogP contribution in [-0.4, -0.2) is 42.7 Å². The summed E-state index contributed by atoms with van der Waals surface area (Å²) in [6.07, 6.45) is 0.524. The van der Waals surface area contributed by atoms with E-state index in [4.69, 9.17) is 5.11 Å². The Labute approximate surface area is 97.8 Å². The molecule has 15 heavy (non-hydrogen) atoms. The second kappa shape index (κ2) is 4.99. The normalized spacial score (nSPS) is 27.5. The number of aliphatic hydroxyl groups excluding tert-OH is 1. The van der Waals surface area contributed by atoms with Gasteiger partial charge in [-0.1, -0.05) is 0 Å². The molecule has 4 nitrogen and oxygen atoms in total. The van der Waals surface area contributed by atoms with Crippen molar-refractivity contribution < 1.29 is 13.5 Å². The first-order chi connectivity index (χ1) is 6.29. The zero-order valence-electron chi connectivity index (χ0n) is 9.36. The molecular formula is C9H20ClNO3S. The summed E-state index contributed by atoms with van der Waals surface area (Å²) < 4.78 is 23.3. The quantitative estimate of drug-likeness (QED) is 0.749. The fourth-order valence-corrected chi connectivity index (χ4v) is 3.46. The van der Waals surface area contributed by atoms with Crippen LogP contribution in [0, 0.1) is 0 Å². The maximum atomic E-state index is 12.0. The van der Waals surface area contributed by atoms with Crippen LogP contribution >= 0.6 is 12.4 Å². The van der Waals surface area contributed by atoms with E-state index in [-0.39, 0.29) is 30.3 Å². The van der Waals surface area contributed by atoms with Crippen molar-refractivity contribution >= 4 is 22.2 Å². The van der Waals surface area contributed by atoms with Gasteiger partial charge in [-0.15, -0.1) is 12.4 Å². The van der Waals surface area contributed by atoms with Gasteiger partial charge in [-0.25, -0.2) is 8.42 Å². The van der Waals surface area contributed by atoms with Gasteiger partial charge in [0.15, 0.2) is 9.84 Å². The van der Waals surface area contributed by atoms with Crippen molar-refractivity contribution in [2.75, 3.05) is 13.2 Å². The molecule has 2 atom stereocenters. The molecule has 0 bridgehead atoms. The smallest absolute Gasteiger partial charge is 0.159 e. The molecule has 0 aliphatic carbocycles. The largest absolute Gasteiger partial charge is 0.395 e. The van der Waals surface area contributed by atoms with Gasteiger partial charge in [-0.2, -0.15) is 0 Å². The monoisotopic (exact) mass is 257 g/mol. The molecule has 6 heteroatoms. The van der Waals surface area contributed by atoms with Crippen molar-refractivity contribution in [2.24, 2.45) is 0 Å². The van der Waals surface area contributed by atoms with Crippen molar-refractivity contribution in [1.82, 2.24) is 5.32 Å². The van der Waals surface area contributed by atoms with Gasteiger partial charge < -0.3 is 10.4 Å². The second-order valence-corrected chi connectivity index (χ2v) is 7.78. The minimum absolute atomic E-state index is 0. The van der Waals surface area contributed by atoms with E-state index in [1.807, 2.05) is 0 Å². The van der Waals surface area contributed by atoms with Crippen molar-refractivity contribution in [3.05, 3.63) is 0 Å². The Morgan fingerprint density at radius 2 is 1.93 bits per heavy atom. The minimum atomic E-state index is -3.09. The topological polar surface area (TPSA) is 66.4 Å². The van der Waals surface area contributed by atoms with Crippen LogP contribution in [0.1, 0.15) is 27.2 Å². The lowest BCUT2D eigenvalue weighted by Crippen LogP contribution is -2.38. The molecule has 92 valence electrons. The molecule has 1 aliphatic heterocycles. The molecule has 1 saturated heterocycles. The molecule has 0 aromatic rings. The Bertz CT molecular complexity index is 297. The van der Waals surface area contributed by atoms with Crippen molar-refractivity contribution in [3.8, 4) is 0 Å². The van der Waals surface area contributed by atoms with Gasteiger partial charge in [0.25, 0.3) is 0 Å². The van der Waals surface area contributed by atoms with E-state index in [1.165, 1.54) is 0 Å². The molecule has 1 heterocycles. The molecule has 1 aliphatic rings. The molecule has 0 radical (unpaired) electrons. The number of rotatable bonds is 2. The van der Waals surface area contributed by atoms with E-state index >= 15 is 0 Å². The molecule has 0 amide bonds. The first-order valence-corrected chi connectivity index (χ1v) is 6.41. The van der Waals surface area contributed by atoms with Gasteiger partial charge in [-0.3, -0.25) is 0 Å². The molecule has 1 fully saturated rings. The van der Waals surface area contributed by atoms with Crippen LogP contribution in [-0.2, 0) is 9.84 Å². The average Bonchev–Trinajstić information content (AvgIpc) is 2.49. The van der Waals surface area contributed by atoms with E-state index in [0.717, 1.165) is 0 Å². The zero-order valence-corrected chi connectivity index (χ0v) is 11.0. The predicted molar refractivity (Wildman–Crippen MR) is 63.2 cm³/mol. The Kier molecular flexibility index (Phi) is 5.05. The van der Waals surface area contributed by atoms with Crippen molar-refractivity contribution in [2.45, 2.75) is 43.2 Å². The summed E-state index contributed by atoms with van der Waals surface area (Å²) in [5.74, 6) is 0. The average molecular weight is 258 g/mol. The lowest BCUT2D eigenvalue weighted by atomic mass is 10.2. The molecule has 0 aromatic heterocycles. The third-order valence-corrected chi connectivity index (χ3v) is 5.64. The summed E-state index contributed by atoms with van der Waals surface area (Å²) in [6, 6.07) is -0.0582. The van der Waals surface area contributed by atoms with Crippen LogP contribution in [0.2, 0.25) is 0 Å². The number of nitrogens with one attached hydrogen (secondary N) is 1. The first-order valence-electron chi connectivity index (χ1n) is 4.86. The fourth-order valence-electron chi connectivity index (χ4n) is 1.66. The SMILES string of the molecule is CC(C)(C)S(=O)(=O)[C@H]1CN[C@H](CO)C1.Cl. The van der Waals surface area contributed by atoms with Crippen LogP contribution in [0.25, 0.3) is 0 Å². The lowest BCUT2D eigenvalue weighted by molar-refractivity contribution is 0.255. The summed E-state index contributed by atoms with van der Waals surface area (Å²) in [4.78, 5) is 0. The van der Waals surface area contributed by atoms with E-state index < -0.39 is 14.6 Å². The Balaban J connectivity index is 0.00000196. The van der Waals surface area contributed by atoms with Gasteiger partial charge in [0, 0.05) is 12.6 Å². The van der Waals surface area contributed by atoms with Gasteiger partial charge in [0.2, 0.25) is 0 Å². The van der Waals surface area contributed by atoms with Crippen LogP contribution in [0.5, 0.6) is 0 Å². The number of hydrogen-bond donors (Lipinski definition) is 2. The highest BCUT2D eigenvalue weighted by molar-refractivity contribution is 7.93. The molecule has 0 saturated carbocycles. The third kappa shape index (κ3) is 3.06. The van der Waals surface area contributed by atoms with E-state index in [0.29, 0.717) is 13.0 Å². The lowest BCUT2D eigenvalue weighted by Gasteiger charge is -2.23. The molecular weight excluding hydrogens is 238 g/mol. The second-order valence-electron chi connectivity index (χ2n) is 4.80. The summed E-state index contributed by atoms with van der Waals surface area (Å²) in [5, 5.41) is 11.6. The van der Waals surface area contributed by atoms with Crippen molar-refractivity contribution in [3.63, 3.8) is 0 Å². The highest BCUT2D eigenvalue weighted by atomic mass is 35.5. The van der Waals surface area contributed by atoms with Crippen LogP contribution in [0.4, 0.5) is 0 Å². The maximum Gasteiger partial charge on any atom is 0.159 e. The number of sulfone groups is 1. The summed E-state index contributed by atoms with van der Waals surface area (Å²) in [7, 11) is -3.09. The molecule has 1 rings (SSSR count). The number of hydrogen-bond acceptors (Lipinski definition) is 4. The minimum Gasteiger partial charge on any atom is -0.395 e. The maximum absolute atomic E-state index is 12.0. The van der Waals surface area contributed by atoms with Crippen molar-refractivity contribution in [1.29, 1.82) is 0 Å². The van der Waals surface area contributed by atoms with E-state index in [1.54, 1.807) is 20.8 Å². The van der Waals surface area contributed by atoms with Gasteiger partial charge in [0.05, 0.1) is 16.6 Å². The first kappa shape index (κ1) is 15.2. The van der Waals surface area contributed by atoms with Crippen LogP contribution in [0.15, 0.2) is 0 Å². The summed E-state index contributed by atoms with van der Waals surface area (Å²) in [5.41, 5.74) is 0. The molecule has 0 spiro atoms. The standard InChI is InChI=1S/C9H19NO3S.ClH/c1-9(2,3)14(12,13)8-4-7(6-11)10-5-8;/h7-8,10-11H,4-6H2,1-3H3;1H/t7-,8+;/m0./s1. The molecule has 0 aromatic carbocycles. The highest BCUT2D eigenvalue weighted by Gasteiger charge is 2.40. The Morgan fingerprint density at radius 1 is 1.40 bits per heavy atom. The fraction of sp³-hybridized carbons (Fsp3) is 1.00. The highest BCUT2D eigenvalue weighted by Crippen LogP contribution is 2.25.